The summed E-state index contributed by atoms with van der Waals surface area (Å²) in [5.74, 6) is 1.17. The molecule has 1 aromatic carbocycles. The molecule has 5 nitrogen and oxygen atoms in total. The van der Waals surface area contributed by atoms with Crippen LogP contribution in [-0.4, -0.2) is 18.0 Å². The van der Waals surface area contributed by atoms with Gasteiger partial charge in [-0.1, -0.05) is 11.6 Å². The molecule has 0 aliphatic rings. The lowest BCUT2D eigenvalue weighted by atomic mass is 9.89. The van der Waals surface area contributed by atoms with Crippen molar-refractivity contribution in [3.63, 3.8) is 0 Å². The highest BCUT2D eigenvalue weighted by Gasteiger charge is 2.33. The summed E-state index contributed by atoms with van der Waals surface area (Å²) in [6, 6.07) is 11.0. The molecule has 0 radical (unpaired) electrons. The average Bonchev–Trinajstić information content (AvgIpc) is 3.09. The molecule has 26 heavy (non-hydrogen) atoms. The second-order valence-corrected chi connectivity index (χ2v) is 6.84. The summed E-state index contributed by atoms with van der Waals surface area (Å²) in [6.07, 6.45) is 3.40. The molecule has 1 amide bonds. The van der Waals surface area contributed by atoms with Gasteiger partial charge in [0, 0.05) is 23.5 Å². The van der Waals surface area contributed by atoms with Gasteiger partial charge in [-0.05, 0) is 55.8 Å². The number of hydrogen-bond donors (Lipinski definition) is 1. The summed E-state index contributed by atoms with van der Waals surface area (Å²) < 4.78 is 11.4. The topological polar surface area (TPSA) is 78.4 Å². The van der Waals surface area contributed by atoms with E-state index in [2.05, 4.69) is 4.98 Å². The van der Waals surface area contributed by atoms with Gasteiger partial charge in [0.15, 0.2) is 0 Å². The van der Waals surface area contributed by atoms with Crippen LogP contribution in [0.25, 0.3) is 22.5 Å². The molecule has 0 aliphatic carbocycles. The van der Waals surface area contributed by atoms with Gasteiger partial charge in [-0.2, -0.15) is 0 Å². The van der Waals surface area contributed by atoms with Crippen LogP contribution in [0.3, 0.4) is 0 Å². The monoisotopic (exact) mass is 370 g/mol. The summed E-state index contributed by atoms with van der Waals surface area (Å²) in [4.78, 5) is 15.9. The van der Waals surface area contributed by atoms with E-state index in [1.807, 2.05) is 24.3 Å². The molecular weight excluding hydrogens is 352 g/mol. The van der Waals surface area contributed by atoms with Crippen LogP contribution in [0.15, 0.2) is 53.2 Å². The van der Waals surface area contributed by atoms with Crippen molar-refractivity contribution >= 4 is 17.5 Å². The molecule has 0 aliphatic heterocycles. The van der Waals surface area contributed by atoms with Crippen molar-refractivity contribution in [2.45, 2.75) is 19.3 Å². The molecule has 2 heterocycles. The number of ether oxygens (including phenoxy) is 1. The molecule has 0 fully saturated rings. The van der Waals surface area contributed by atoms with E-state index in [1.165, 1.54) is 0 Å². The summed E-state index contributed by atoms with van der Waals surface area (Å²) in [6.45, 7) is 3.47. The molecule has 0 atom stereocenters. The van der Waals surface area contributed by atoms with E-state index in [9.17, 15) is 4.79 Å². The van der Waals surface area contributed by atoms with Crippen LogP contribution in [0, 0.1) is 0 Å². The summed E-state index contributed by atoms with van der Waals surface area (Å²) >= 11 is 6.13. The maximum atomic E-state index is 11.9. The largest absolute Gasteiger partial charge is 0.495 e. The molecular formula is C20H19ClN2O3. The Kier molecular flexibility index (Phi) is 4.74. The molecule has 6 heteroatoms. The van der Waals surface area contributed by atoms with E-state index in [4.69, 9.17) is 26.5 Å². The van der Waals surface area contributed by atoms with E-state index in [1.54, 1.807) is 45.5 Å². The average molecular weight is 371 g/mol. The van der Waals surface area contributed by atoms with Gasteiger partial charge in [0.25, 0.3) is 0 Å². The number of carbonyl (C=O) groups is 1. The van der Waals surface area contributed by atoms with Gasteiger partial charge in [0.1, 0.15) is 22.7 Å². The zero-order valence-corrected chi connectivity index (χ0v) is 15.5. The van der Waals surface area contributed by atoms with Crippen LogP contribution < -0.4 is 10.5 Å². The standard InChI is InChI=1S/C20H19ClN2O3/c1-20(2,19(22)24)17-11-14(12-6-8-23-9-7-12)18(26-17)13-4-5-15(21)16(10-13)25-3/h4-11H,1-3H3,(H2,22,24). The first kappa shape index (κ1) is 18.0. The third-order valence-corrected chi connectivity index (χ3v) is 4.68. The second-order valence-electron chi connectivity index (χ2n) is 6.43. The van der Waals surface area contributed by atoms with E-state index in [0.29, 0.717) is 22.3 Å². The lowest BCUT2D eigenvalue weighted by Gasteiger charge is -2.16. The Morgan fingerprint density at radius 2 is 1.85 bits per heavy atom. The molecule has 0 bridgehead atoms. The van der Waals surface area contributed by atoms with Gasteiger partial charge in [0.05, 0.1) is 12.1 Å². The fourth-order valence-electron chi connectivity index (χ4n) is 2.58. The Morgan fingerprint density at radius 1 is 1.15 bits per heavy atom. The number of nitrogens with two attached hydrogens (primary N) is 1. The predicted molar refractivity (Wildman–Crippen MR) is 101 cm³/mol. The maximum Gasteiger partial charge on any atom is 0.230 e. The Balaban J connectivity index is 2.23. The highest BCUT2D eigenvalue weighted by atomic mass is 35.5. The lowest BCUT2D eigenvalue weighted by Crippen LogP contribution is -2.35. The number of primary amides is 1. The minimum atomic E-state index is -0.948. The maximum absolute atomic E-state index is 11.9. The van der Waals surface area contributed by atoms with Crippen LogP contribution in [0.2, 0.25) is 5.02 Å². The fourth-order valence-corrected chi connectivity index (χ4v) is 2.78. The van der Waals surface area contributed by atoms with Crippen LogP contribution in [-0.2, 0) is 10.2 Å². The van der Waals surface area contributed by atoms with Crippen LogP contribution in [0.5, 0.6) is 5.75 Å². The van der Waals surface area contributed by atoms with Crippen molar-refractivity contribution in [2.75, 3.05) is 7.11 Å². The lowest BCUT2D eigenvalue weighted by molar-refractivity contribution is -0.122. The summed E-state index contributed by atoms with van der Waals surface area (Å²) in [5, 5.41) is 0.506. The number of pyridine rings is 1. The van der Waals surface area contributed by atoms with Crippen molar-refractivity contribution < 1.29 is 13.9 Å². The van der Waals surface area contributed by atoms with Crippen molar-refractivity contribution in [2.24, 2.45) is 5.73 Å². The predicted octanol–water partition coefficient (Wildman–Crippen LogP) is 4.43. The minimum absolute atomic E-state index is 0.465. The van der Waals surface area contributed by atoms with Crippen molar-refractivity contribution in [1.29, 1.82) is 0 Å². The number of aromatic nitrogens is 1. The zero-order chi connectivity index (χ0) is 18.9. The smallest absolute Gasteiger partial charge is 0.230 e. The zero-order valence-electron chi connectivity index (χ0n) is 14.7. The number of nitrogens with zero attached hydrogens (tertiary/aromatic N) is 1. The third kappa shape index (κ3) is 3.18. The quantitative estimate of drug-likeness (QED) is 0.720. The molecule has 0 saturated heterocycles. The van der Waals surface area contributed by atoms with Crippen molar-refractivity contribution in [3.8, 4) is 28.2 Å². The number of rotatable bonds is 5. The number of hydrogen-bond acceptors (Lipinski definition) is 4. The van der Waals surface area contributed by atoms with Crippen molar-refractivity contribution in [3.05, 3.63) is 59.6 Å². The summed E-state index contributed by atoms with van der Waals surface area (Å²) in [5.41, 5.74) is 7.14. The molecule has 134 valence electrons. The van der Waals surface area contributed by atoms with Gasteiger partial charge in [-0.25, -0.2) is 0 Å². The number of amides is 1. The van der Waals surface area contributed by atoms with E-state index >= 15 is 0 Å². The highest BCUT2D eigenvalue weighted by Crippen LogP contribution is 2.40. The third-order valence-electron chi connectivity index (χ3n) is 4.37. The normalized spacial score (nSPS) is 11.4. The second kappa shape index (κ2) is 6.84. The number of methoxy groups -OCH3 is 1. The molecule has 3 aromatic rings. The van der Waals surface area contributed by atoms with E-state index in [-0.39, 0.29) is 0 Å². The first-order chi connectivity index (χ1) is 12.3. The first-order valence-corrected chi connectivity index (χ1v) is 8.41. The SMILES string of the molecule is COc1cc(-c2oc(C(C)(C)C(N)=O)cc2-c2ccncc2)ccc1Cl. The van der Waals surface area contributed by atoms with Crippen LogP contribution in [0.1, 0.15) is 19.6 Å². The highest BCUT2D eigenvalue weighted by molar-refractivity contribution is 6.32. The molecule has 0 saturated carbocycles. The Labute approximate surface area is 156 Å². The first-order valence-electron chi connectivity index (χ1n) is 8.03. The van der Waals surface area contributed by atoms with Gasteiger partial charge < -0.3 is 14.9 Å². The molecule has 0 unspecified atom stereocenters. The Hall–Kier alpha value is -2.79. The number of halogens is 1. The number of furan rings is 1. The van der Waals surface area contributed by atoms with Crippen molar-refractivity contribution in [1.82, 2.24) is 4.98 Å². The van der Waals surface area contributed by atoms with Gasteiger partial charge in [-0.3, -0.25) is 9.78 Å². The van der Waals surface area contributed by atoms with Crippen LogP contribution >= 0.6 is 11.6 Å². The van der Waals surface area contributed by atoms with Gasteiger partial charge in [0.2, 0.25) is 5.91 Å². The molecule has 3 rings (SSSR count). The van der Waals surface area contributed by atoms with Gasteiger partial charge in [-0.15, -0.1) is 0 Å². The number of carbonyl (C=O) groups excluding carboxylic acids is 1. The fraction of sp³-hybridized carbons (Fsp3) is 0.200. The number of benzene rings is 1. The van der Waals surface area contributed by atoms with E-state index in [0.717, 1.165) is 16.7 Å². The Morgan fingerprint density at radius 3 is 2.46 bits per heavy atom. The summed E-state index contributed by atoms with van der Waals surface area (Å²) in [7, 11) is 1.55. The van der Waals surface area contributed by atoms with Gasteiger partial charge >= 0.3 is 0 Å². The molecule has 2 N–H and O–H groups in total. The van der Waals surface area contributed by atoms with E-state index < -0.39 is 11.3 Å². The Bertz CT molecular complexity index is 949. The molecule has 0 spiro atoms. The van der Waals surface area contributed by atoms with Crippen LogP contribution in [0.4, 0.5) is 0 Å². The molecule has 2 aromatic heterocycles. The minimum Gasteiger partial charge on any atom is -0.495 e.